The fraction of sp³-hybridized carbons (Fsp3) is 0.133. The molecule has 102 valence electrons. The highest BCUT2D eigenvalue weighted by atomic mass is 16.2. The number of benzene rings is 1. The summed E-state index contributed by atoms with van der Waals surface area (Å²) in [6.45, 7) is 3.28. The number of aromatic nitrogens is 1. The molecular formula is C15H15N3O2. The molecule has 0 aliphatic rings. The average molecular weight is 269 g/mol. The normalized spacial score (nSPS) is 9.90. The van der Waals surface area contributed by atoms with Gasteiger partial charge in [0, 0.05) is 35.8 Å². The standard InChI is InChI=1S/C15H15N3O2/c1-10-9-12(7-8-16-10)15(20)18-14-5-3-13(4-6-14)17-11(2)19/h3-9H,1-2H3,(H,17,19)(H,18,20). The second-order valence-corrected chi connectivity index (χ2v) is 4.40. The maximum Gasteiger partial charge on any atom is 0.255 e. The third-order valence-corrected chi connectivity index (χ3v) is 2.62. The number of carbonyl (C=O) groups excluding carboxylic acids is 2. The highest BCUT2D eigenvalue weighted by Gasteiger charge is 2.06. The van der Waals surface area contributed by atoms with Crippen molar-refractivity contribution in [1.29, 1.82) is 0 Å². The summed E-state index contributed by atoms with van der Waals surface area (Å²) in [5.74, 6) is -0.322. The SMILES string of the molecule is CC(=O)Nc1ccc(NC(=O)c2ccnc(C)c2)cc1. The van der Waals surface area contributed by atoms with Gasteiger partial charge in [-0.2, -0.15) is 0 Å². The first-order valence-corrected chi connectivity index (χ1v) is 6.16. The van der Waals surface area contributed by atoms with Gasteiger partial charge in [0.15, 0.2) is 0 Å². The molecule has 0 aliphatic heterocycles. The summed E-state index contributed by atoms with van der Waals surface area (Å²) in [6, 6.07) is 10.3. The van der Waals surface area contributed by atoms with Crippen molar-refractivity contribution in [2.45, 2.75) is 13.8 Å². The Morgan fingerprint density at radius 2 is 1.60 bits per heavy atom. The van der Waals surface area contributed by atoms with Gasteiger partial charge in [-0.25, -0.2) is 0 Å². The van der Waals surface area contributed by atoms with Gasteiger partial charge >= 0.3 is 0 Å². The number of aryl methyl sites for hydroxylation is 1. The predicted molar refractivity (Wildman–Crippen MR) is 77.7 cm³/mol. The van der Waals surface area contributed by atoms with Crippen LogP contribution in [0, 0.1) is 6.92 Å². The monoisotopic (exact) mass is 269 g/mol. The highest BCUT2D eigenvalue weighted by molar-refractivity contribution is 6.04. The van der Waals surface area contributed by atoms with E-state index < -0.39 is 0 Å². The van der Waals surface area contributed by atoms with Gasteiger partial charge in [0.25, 0.3) is 5.91 Å². The van der Waals surface area contributed by atoms with Crippen LogP contribution in [0.1, 0.15) is 23.0 Å². The molecule has 0 aliphatic carbocycles. The van der Waals surface area contributed by atoms with Crippen LogP contribution in [0.25, 0.3) is 0 Å². The summed E-state index contributed by atoms with van der Waals surface area (Å²) in [5.41, 5.74) is 2.70. The third-order valence-electron chi connectivity index (χ3n) is 2.62. The molecule has 0 saturated heterocycles. The molecule has 0 saturated carbocycles. The van der Waals surface area contributed by atoms with E-state index in [0.29, 0.717) is 16.9 Å². The third kappa shape index (κ3) is 3.65. The van der Waals surface area contributed by atoms with E-state index >= 15 is 0 Å². The number of hydrogen-bond acceptors (Lipinski definition) is 3. The van der Waals surface area contributed by atoms with Gasteiger partial charge < -0.3 is 10.6 Å². The summed E-state index contributed by atoms with van der Waals surface area (Å²) in [4.78, 5) is 27.0. The summed E-state index contributed by atoms with van der Waals surface area (Å²) in [6.07, 6.45) is 1.60. The molecule has 5 heteroatoms. The zero-order valence-corrected chi connectivity index (χ0v) is 11.3. The second-order valence-electron chi connectivity index (χ2n) is 4.40. The van der Waals surface area contributed by atoms with Crippen molar-refractivity contribution in [3.8, 4) is 0 Å². The van der Waals surface area contributed by atoms with Crippen LogP contribution in [0.15, 0.2) is 42.6 Å². The van der Waals surface area contributed by atoms with E-state index in [0.717, 1.165) is 5.69 Å². The fourth-order valence-corrected chi connectivity index (χ4v) is 1.73. The van der Waals surface area contributed by atoms with Gasteiger partial charge in [-0.3, -0.25) is 14.6 Å². The lowest BCUT2D eigenvalue weighted by Crippen LogP contribution is -2.12. The summed E-state index contributed by atoms with van der Waals surface area (Å²) >= 11 is 0. The van der Waals surface area contributed by atoms with E-state index in [-0.39, 0.29) is 11.8 Å². The van der Waals surface area contributed by atoms with E-state index in [1.54, 1.807) is 42.6 Å². The molecule has 0 spiro atoms. The van der Waals surface area contributed by atoms with Crippen molar-refractivity contribution in [3.63, 3.8) is 0 Å². The molecule has 2 amide bonds. The molecule has 0 atom stereocenters. The maximum atomic E-state index is 12.0. The van der Waals surface area contributed by atoms with Crippen LogP contribution >= 0.6 is 0 Å². The Kier molecular flexibility index (Phi) is 4.10. The molecule has 2 rings (SSSR count). The number of carbonyl (C=O) groups is 2. The number of amides is 2. The fourth-order valence-electron chi connectivity index (χ4n) is 1.73. The topological polar surface area (TPSA) is 71.1 Å². The van der Waals surface area contributed by atoms with E-state index in [2.05, 4.69) is 15.6 Å². The molecule has 0 unspecified atom stereocenters. The van der Waals surface area contributed by atoms with Gasteiger partial charge in [-0.05, 0) is 43.3 Å². The molecule has 0 fully saturated rings. The molecule has 0 radical (unpaired) electrons. The molecule has 2 N–H and O–H groups in total. The van der Waals surface area contributed by atoms with Crippen LogP contribution in [0.2, 0.25) is 0 Å². The molecule has 2 aromatic rings. The molecular weight excluding hydrogens is 254 g/mol. The first-order chi connectivity index (χ1) is 9.54. The second kappa shape index (κ2) is 5.97. The quantitative estimate of drug-likeness (QED) is 0.899. The Labute approximate surface area is 117 Å². The Morgan fingerprint density at radius 1 is 1.00 bits per heavy atom. The largest absolute Gasteiger partial charge is 0.326 e. The number of nitrogens with one attached hydrogen (secondary N) is 2. The van der Waals surface area contributed by atoms with Gasteiger partial charge in [-0.1, -0.05) is 0 Å². The Hall–Kier alpha value is -2.69. The van der Waals surface area contributed by atoms with Crippen LogP contribution in [0.4, 0.5) is 11.4 Å². The van der Waals surface area contributed by atoms with Crippen molar-refractivity contribution < 1.29 is 9.59 Å². The first kappa shape index (κ1) is 13.7. The van der Waals surface area contributed by atoms with Gasteiger partial charge in [0.2, 0.25) is 5.91 Å². The van der Waals surface area contributed by atoms with Crippen LogP contribution in [-0.4, -0.2) is 16.8 Å². The highest BCUT2D eigenvalue weighted by Crippen LogP contribution is 2.14. The Morgan fingerprint density at radius 3 is 2.15 bits per heavy atom. The van der Waals surface area contributed by atoms with E-state index in [9.17, 15) is 9.59 Å². The first-order valence-electron chi connectivity index (χ1n) is 6.16. The van der Waals surface area contributed by atoms with Crippen molar-refractivity contribution in [2.75, 3.05) is 10.6 Å². The molecule has 20 heavy (non-hydrogen) atoms. The van der Waals surface area contributed by atoms with Gasteiger partial charge in [-0.15, -0.1) is 0 Å². The minimum atomic E-state index is -0.192. The number of pyridine rings is 1. The van der Waals surface area contributed by atoms with Crippen LogP contribution in [-0.2, 0) is 4.79 Å². The lowest BCUT2D eigenvalue weighted by atomic mass is 10.2. The zero-order chi connectivity index (χ0) is 14.5. The number of anilines is 2. The Bertz CT molecular complexity index is 636. The summed E-state index contributed by atoms with van der Waals surface area (Å²) in [7, 11) is 0. The lowest BCUT2D eigenvalue weighted by molar-refractivity contribution is -0.114. The van der Waals surface area contributed by atoms with Crippen molar-refractivity contribution >= 4 is 23.2 Å². The number of rotatable bonds is 3. The van der Waals surface area contributed by atoms with Crippen LogP contribution in [0.5, 0.6) is 0 Å². The van der Waals surface area contributed by atoms with E-state index in [1.165, 1.54) is 6.92 Å². The molecule has 1 aromatic heterocycles. The average Bonchev–Trinajstić information content (AvgIpc) is 2.40. The van der Waals surface area contributed by atoms with Gasteiger partial charge in [0.05, 0.1) is 0 Å². The molecule has 1 heterocycles. The smallest absolute Gasteiger partial charge is 0.255 e. The number of nitrogens with zero attached hydrogens (tertiary/aromatic N) is 1. The summed E-state index contributed by atoms with van der Waals surface area (Å²) < 4.78 is 0. The molecule has 1 aromatic carbocycles. The summed E-state index contributed by atoms with van der Waals surface area (Å²) in [5, 5.41) is 5.45. The maximum absolute atomic E-state index is 12.0. The van der Waals surface area contributed by atoms with Crippen molar-refractivity contribution in [3.05, 3.63) is 53.9 Å². The van der Waals surface area contributed by atoms with Crippen molar-refractivity contribution in [2.24, 2.45) is 0 Å². The predicted octanol–water partition coefficient (Wildman–Crippen LogP) is 2.60. The Balaban J connectivity index is 2.06. The van der Waals surface area contributed by atoms with E-state index in [4.69, 9.17) is 0 Å². The minimum Gasteiger partial charge on any atom is -0.326 e. The van der Waals surface area contributed by atoms with Crippen LogP contribution < -0.4 is 10.6 Å². The van der Waals surface area contributed by atoms with Crippen molar-refractivity contribution in [1.82, 2.24) is 4.98 Å². The molecule has 5 nitrogen and oxygen atoms in total. The van der Waals surface area contributed by atoms with E-state index in [1.807, 2.05) is 6.92 Å². The van der Waals surface area contributed by atoms with Gasteiger partial charge in [0.1, 0.15) is 0 Å². The lowest BCUT2D eigenvalue weighted by Gasteiger charge is -2.07. The minimum absolute atomic E-state index is 0.131. The number of hydrogen-bond donors (Lipinski definition) is 2. The molecule has 0 bridgehead atoms. The zero-order valence-electron chi connectivity index (χ0n) is 11.3. The van der Waals surface area contributed by atoms with Crippen LogP contribution in [0.3, 0.4) is 0 Å².